The number of Topliss-reactive ketones (excluding diaryl/α,β-unsaturated/α-hetero) is 1. The number of ether oxygens (including phenoxy) is 1. The lowest BCUT2D eigenvalue weighted by atomic mass is 9.82. The summed E-state index contributed by atoms with van der Waals surface area (Å²) in [5.74, 6) is -0.266. The number of carbonyl (C=O) groups is 1. The summed E-state index contributed by atoms with van der Waals surface area (Å²) in [7, 11) is -5.37. The van der Waals surface area contributed by atoms with Gasteiger partial charge in [-0.2, -0.15) is 17.5 Å². The number of nitrogens with zero attached hydrogens (tertiary/aromatic N) is 1. The number of halogens is 3. The Bertz CT molecular complexity index is 560. The number of sulfonamides is 1. The van der Waals surface area contributed by atoms with Crippen LogP contribution in [0.4, 0.5) is 13.2 Å². The lowest BCUT2D eigenvalue weighted by Crippen LogP contribution is -2.68. The summed E-state index contributed by atoms with van der Waals surface area (Å²) in [5, 5.41) is 0. The van der Waals surface area contributed by atoms with E-state index < -0.39 is 39.8 Å². The van der Waals surface area contributed by atoms with Gasteiger partial charge < -0.3 is 4.74 Å². The summed E-state index contributed by atoms with van der Waals surface area (Å²) in [6.45, 7) is -1.04. The molecule has 3 fully saturated rings. The average Bonchev–Trinajstić information content (AvgIpc) is 2.59. The Hall–Kier alpha value is -0.670. The molecule has 2 spiro atoms. The lowest BCUT2D eigenvalue weighted by Gasteiger charge is -2.46. The molecule has 120 valence electrons. The van der Waals surface area contributed by atoms with E-state index in [1.54, 1.807) is 0 Å². The van der Waals surface area contributed by atoms with E-state index in [0.717, 1.165) is 19.3 Å². The minimum absolute atomic E-state index is 0.187. The van der Waals surface area contributed by atoms with Gasteiger partial charge in [0, 0.05) is 6.42 Å². The Morgan fingerprint density at radius 2 is 1.67 bits per heavy atom. The van der Waals surface area contributed by atoms with Crippen LogP contribution in [0.25, 0.3) is 0 Å². The van der Waals surface area contributed by atoms with E-state index >= 15 is 0 Å². The van der Waals surface area contributed by atoms with Gasteiger partial charge in [0.25, 0.3) is 0 Å². The molecule has 2 aliphatic heterocycles. The fourth-order valence-electron chi connectivity index (χ4n) is 3.52. The molecule has 5 nitrogen and oxygen atoms in total. The van der Waals surface area contributed by atoms with Crippen molar-refractivity contribution in [2.75, 3.05) is 13.1 Å². The van der Waals surface area contributed by atoms with Crippen molar-refractivity contribution in [3.05, 3.63) is 0 Å². The van der Waals surface area contributed by atoms with Crippen molar-refractivity contribution in [2.24, 2.45) is 0 Å². The van der Waals surface area contributed by atoms with E-state index in [-0.39, 0.29) is 16.5 Å². The standard InChI is InChI=1S/C12H16F3NO4S/c13-12(14,15)21(18,19)16-7-11(8-16)9(17)6-10(20-11)4-2-1-3-5-10/h1-8H2. The molecule has 0 aromatic heterocycles. The minimum Gasteiger partial charge on any atom is -0.357 e. The summed E-state index contributed by atoms with van der Waals surface area (Å²) >= 11 is 0. The SMILES string of the molecule is O=C1CC2(CCCCC2)OC12CN(S(=O)(=O)C(F)(F)F)C2. The van der Waals surface area contributed by atoms with Crippen LogP contribution in [-0.2, 0) is 19.6 Å². The molecule has 1 saturated carbocycles. The van der Waals surface area contributed by atoms with Crippen LogP contribution in [0.15, 0.2) is 0 Å². The number of alkyl halides is 3. The van der Waals surface area contributed by atoms with Gasteiger partial charge in [-0.05, 0) is 12.8 Å². The van der Waals surface area contributed by atoms with Gasteiger partial charge in [0.15, 0.2) is 11.4 Å². The number of rotatable bonds is 1. The van der Waals surface area contributed by atoms with E-state index in [2.05, 4.69) is 0 Å². The summed E-state index contributed by atoms with van der Waals surface area (Å²) in [5.41, 5.74) is -7.27. The molecule has 0 aromatic rings. The van der Waals surface area contributed by atoms with Crippen LogP contribution in [-0.4, -0.2) is 48.3 Å². The van der Waals surface area contributed by atoms with Crippen molar-refractivity contribution in [3.8, 4) is 0 Å². The van der Waals surface area contributed by atoms with Crippen LogP contribution in [0, 0.1) is 0 Å². The average molecular weight is 327 g/mol. The maximum atomic E-state index is 12.5. The van der Waals surface area contributed by atoms with Crippen LogP contribution >= 0.6 is 0 Å². The predicted octanol–water partition coefficient (Wildman–Crippen LogP) is 1.58. The van der Waals surface area contributed by atoms with Gasteiger partial charge in [-0.15, -0.1) is 0 Å². The summed E-state index contributed by atoms with van der Waals surface area (Å²) in [4.78, 5) is 12.1. The fraction of sp³-hybridized carbons (Fsp3) is 0.917. The van der Waals surface area contributed by atoms with Gasteiger partial charge in [-0.25, -0.2) is 8.42 Å². The van der Waals surface area contributed by atoms with Gasteiger partial charge in [0.05, 0.1) is 18.7 Å². The predicted molar refractivity (Wildman–Crippen MR) is 65.8 cm³/mol. The molecule has 3 rings (SSSR count). The van der Waals surface area contributed by atoms with E-state index in [4.69, 9.17) is 4.74 Å². The number of carbonyl (C=O) groups excluding carboxylic acids is 1. The molecule has 0 unspecified atom stereocenters. The van der Waals surface area contributed by atoms with Gasteiger partial charge >= 0.3 is 15.5 Å². The van der Waals surface area contributed by atoms with E-state index in [1.807, 2.05) is 0 Å². The topological polar surface area (TPSA) is 63.7 Å². The first-order valence-corrected chi connectivity index (χ1v) is 8.34. The number of hydrogen-bond donors (Lipinski definition) is 0. The van der Waals surface area contributed by atoms with Gasteiger partial charge in [-0.1, -0.05) is 19.3 Å². The fourth-order valence-corrected chi connectivity index (χ4v) is 4.57. The zero-order chi connectivity index (χ0) is 15.5. The lowest BCUT2D eigenvalue weighted by molar-refractivity contribution is -0.173. The van der Waals surface area contributed by atoms with E-state index in [9.17, 15) is 26.4 Å². The van der Waals surface area contributed by atoms with Gasteiger partial charge in [0.2, 0.25) is 0 Å². The van der Waals surface area contributed by atoms with Crippen LogP contribution in [0.2, 0.25) is 0 Å². The highest BCUT2D eigenvalue weighted by molar-refractivity contribution is 7.90. The Labute approximate surface area is 120 Å². The van der Waals surface area contributed by atoms with Crippen LogP contribution in [0.5, 0.6) is 0 Å². The number of hydrogen-bond acceptors (Lipinski definition) is 4. The van der Waals surface area contributed by atoms with Gasteiger partial charge in [-0.3, -0.25) is 4.79 Å². The Morgan fingerprint density at radius 1 is 1.10 bits per heavy atom. The van der Waals surface area contributed by atoms with Crippen molar-refractivity contribution in [3.63, 3.8) is 0 Å². The zero-order valence-corrected chi connectivity index (χ0v) is 12.1. The Kier molecular flexibility index (Phi) is 3.21. The number of ketones is 1. The summed E-state index contributed by atoms with van der Waals surface area (Å²) < 4.78 is 66.1. The van der Waals surface area contributed by atoms with Crippen molar-refractivity contribution in [2.45, 2.75) is 55.2 Å². The molecule has 0 amide bonds. The molecule has 2 saturated heterocycles. The smallest absolute Gasteiger partial charge is 0.357 e. The molecule has 1 aliphatic carbocycles. The minimum atomic E-state index is -5.37. The van der Waals surface area contributed by atoms with E-state index in [1.165, 1.54) is 0 Å². The molecule has 0 N–H and O–H groups in total. The van der Waals surface area contributed by atoms with Crippen molar-refractivity contribution in [1.29, 1.82) is 0 Å². The van der Waals surface area contributed by atoms with Crippen LogP contribution in [0.1, 0.15) is 38.5 Å². The second-order valence-corrected chi connectivity index (χ2v) is 8.09. The van der Waals surface area contributed by atoms with Gasteiger partial charge in [0.1, 0.15) is 0 Å². The molecular weight excluding hydrogens is 311 g/mol. The normalized spacial score (nSPS) is 29.0. The summed E-state index contributed by atoms with van der Waals surface area (Å²) in [6.07, 6.45) is 4.52. The molecule has 0 atom stereocenters. The highest BCUT2D eigenvalue weighted by Crippen LogP contribution is 2.49. The molecule has 0 aromatic carbocycles. The molecule has 9 heteroatoms. The third-order valence-electron chi connectivity index (χ3n) is 4.66. The van der Waals surface area contributed by atoms with Crippen molar-refractivity contribution >= 4 is 15.8 Å². The zero-order valence-electron chi connectivity index (χ0n) is 11.3. The quantitative estimate of drug-likeness (QED) is 0.733. The molecule has 3 aliphatic rings. The molecule has 0 bridgehead atoms. The second kappa shape index (κ2) is 4.42. The van der Waals surface area contributed by atoms with Crippen molar-refractivity contribution in [1.82, 2.24) is 4.31 Å². The maximum absolute atomic E-state index is 12.5. The summed E-state index contributed by atoms with van der Waals surface area (Å²) in [6, 6.07) is 0. The molecular formula is C12H16F3NO4S. The van der Waals surface area contributed by atoms with Crippen LogP contribution < -0.4 is 0 Å². The first kappa shape index (κ1) is 15.2. The highest BCUT2D eigenvalue weighted by Gasteiger charge is 2.66. The Balaban J connectivity index is 1.74. The third-order valence-corrected chi connectivity index (χ3v) is 6.19. The second-order valence-electron chi connectivity index (χ2n) is 6.16. The largest absolute Gasteiger partial charge is 0.511 e. The first-order valence-electron chi connectivity index (χ1n) is 6.90. The third kappa shape index (κ3) is 2.20. The van der Waals surface area contributed by atoms with E-state index in [0.29, 0.717) is 12.8 Å². The molecule has 0 radical (unpaired) electrons. The molecule has 2 heterocycles. The van der Waals surface area contributed by atoms with Crippen molar-refractivity contribution < 1.29 is 31.1 Å². The first-order chi connectivity index (χ1) is 9.60. The Morgan fingerprint density at radius 3 is 2.19 bits per heavy atom. The maximum Gasteiger partial charge on any atom is 0.511 e. The van der Waals surface area contributed by atoms with Crippen LogP contribution in [0.3, 0.4) is 0 Å². The highest BCUT2D eigenvalue weighted by atomic mass is 32.2. The molecule has 21 heavy (non-hydrogen) atoms. The monoisotopic (exact) mass is 327 g/mol.